The third-order valence-electron chi connectivity index (χ3n) is 4.57. The van der Waals surface area contributed by atoms with E-state index in [9.17, 15) is 4.79 Å². The monoisotopic (exact) mass is 376 g/mol. The Morgan fingerprint density at radius 3 is 2.59 bits per heavy atom. The van der Waals surface area contributed by atoms with E-state index in [0.717, 1.165) is 32.1 Å². The predicted molar refractivity (Wildman–Crippen MR) is 111 cm³/mol. The Labute approximate surface area is 161 Å². The summed E-state index contributed by atoms with van der Waals surface area (Å²) in [5, 5.41) is 0.704. The maximum Gasteiger partial charge on any atom is 0.262 e. The van der Waals surface area contributed by atoms with Gasteiger partial charge in [0.2, 0.25) is 0 Å². The second-order valence-corrected chi connectivity index (χ2v) is 7.32. The van der Waals surface area contributed by atoms with Gasteiger partial charge in [0.05, 0.1) is 24.9 Å². The molecule has 0 saturated heterocycles. The fourth-order valence-corrected chi connectivity index (χ4v) is 4.40. The number of aromatic nitrogens is 2. The molecule has 0 bridgehead atoms. The molecule has 0 aliphatic heterocycles. The minimum atomic E-state index is -0.0118. The Morgan fingerprint density at radius 2 is 1.81 bits per heavy atom. The number of hydrogen-bond acceptors (Lipinski definition) is 4. The van der Waals surface area contributed by atoms with E-state index < -0.39 is 0 Å². The van der Waals surface area contributed by atoms with Gasteiger partial charge in [-0.05, 0) is 31.0 Å². The van der Waals surface area contributed by atoms with E-state index in [1.165, 1.54) is 0 Å². The van der Waals surface area contributed by atoms with Gasteiger partial charge in [0, 0.05) is 10.4 Å². The Balaban J connectivity index is 1.80. The van der Waals surface area contributed by atoms with E-state index in [1.54, 1.807) is 22.2 Å². The van der Waals surface area contributed by atoms with Crippen LogP contribution < -0.4 is 10.3 Å². The van der Waals surface area contributed by atoms with Crippen LogP contribution in [0.25, 0.3) is 20.7 Å². The summed E-state index contributed by atoms with van der Waals surface area (Å²) in [4.78, 5) is 19.6. The van der Waals surface area contributed by atoms with Crippen molar-refractivity contribution in [3.63, 3.8) is 0 Å². The van der Waals surface area contributed by atoms with Crippen LogP contribution in [0.15, 0.2) is 65.7 Å². The number of para-hydroxylation sites is 1. The molecule has 2 aromatic heterocycles. The first kappa shape index (κ1) is 17.5. The molecule has 27 heavy (non-hydrogen) atoms. The average Bonchev–Trinajstić information content (AvgIpc) is 3.04. The highest BCUT2D eigenvalue weighted by Gasteiger charge is 2.16. The summed E-state index contributed by atoms with van der Waals surface area (Å²) in [5.74, 6) is 0.805. The van der Waals surface area contributed by atoms with Crippen LogP contribution in [0.1, 0.15) is 18.1 Å². The maximum atomic E-state index is 13.2. The standard InChI is InChI=1S/C22H20N2O2S/c1-3-26-18-12-8-7-11-17(18)13-24-14-23-21-19(22(24)25)15(2)20(27-21)16-9-5-4-6-10-16/h4-12,14H,3,13H2,1-2H3. The maximum absolute atomic E-state index is 13.2. The molecule has 0 aliphatic carbocycles. The number of aryl methyl sites for hydroxylation is 1. The number of hydrogen-bond donors (Lipinski definition) is 0. The van der Waals surface area contributed by atoms with Crippen molar-refractivity contribution < 1.29 is 4.74 Å². The van der Waals surface area contributed by atoms with Crippen LogP contribution in [0.3, 0.4) is 0 Å². The van der Waals surface area contributed by atoms with E-state index >= 15 is 0 Å². The average molecular weight is 376 g/mol. The molecule has 5 heteroatoms. The van der Waals surface area contributed by atoms with Crippen molar-refractivity contribution in [2.24, 2.45) is 0 Å². The molecule has 0 spiro atoms. The fraction of sp³-hybridized carbons (Fsp3) is 0.182. The van der Waals surface area contributed by atoms with E-state index in [4.69, 9.17) is 4.74 Å². The first-order valence-electron chi connectivity index (χ1n) is 8.93. The molecule has 136 valence electrons. The van der Waals surface area contributed by atoms with E-state index in [0.29, 0.717) is 18.5 Å². The molecular formula is C22H20N2O2S. The number of rotatable bonds is 5. The van der Waals surface area contributed by atoms with Gasteiger partial charge in [-0.3, -0.25) is 9.36 Å². The number of ether oxygens (including phenoxy) is 1. The second-order valence-electron chi connectivity index (χ2n) is 6.32. The molecule has 0 radical (unpaired) electrons. The van der Waals surface area contributed by atoms with Gasteiger partial charge in [0.1, 0.15) is 10.6 Å². The summed E-state index contributed by atoms with van der Waals surface area (Å²) >= 11 is 1.57. The van der Waals surface area contributed by atoms with Crippen LogP contribution in [-0.2, 0) is 6.54 Å². The smallest absolute Gasteiger partial charge is 0.262 e. The van der Waals surface area contributed by atoms with E-state index in [2.05, 4.69) is 17.1 Å². The van der Waals surface area contributed by atoms with Crippen molar-refractivity contribution >= 4 is 21.6 Å². The van der Waals surface area contributed by atoms with Crippen molar-refractivity contribution in [3.8, 4) is 16.2 Å². The normalized spacial score (nSPS) is 11.0. The van der Waals surface area contributed by atoms with Crippen LogP contribution >= 0.6 is 11.3 Å². The number of nitrogens with zero attached hydrogens (tertiary/aromatic N) is 2. The van der Waals surface area contributed by atoms with Gasteiger partial charge in [-0.2, -0.15) is 0 Å². The summed E-state index contributed by atoms with van der Waals surface area (Å²) in [6, 6.07) is 17.9. The third kappa shape index (κ3) is 3.26. The van der Waals surface area contributed by atoms with Crippen LogP contribution in [-0.4, -0.2) is 16.2 Å². The van der Waals surface area contributed by atoms with Gasteiger partial charge in [-0.15, -0.1) is 11.3 Å². The quantitative estimate of drug-likeness (QED) is 0.499. The Hall–Kier alpha value is -2.92. The molecule has 4 rings (SSSR count). The summed E-state index contributed by atoms with van der Waals surface area (Å²) in [6.07, 6.45) is 1.64. The van der Waals surface area contributed by atoms with Crippen molar-refractivity contribution in [1.82, 2.24) is 9.55 Å². The third-order valence-corrected chi connectivity index (χ3v) is 5.82. The molecule has 0 aliphatic rings. The molecule has 0 N–H and O–H groups in total. The summed E-state index contributed by atoms with van der Waals surface area (Å²) in [5.41, 5.74) is 3.07. The molecule has 0 fully saturated rings. The van der Waals surface area contributed by atoms with Crippen molar-refractivity contribution in [3.05, 3.63) is 82.4 Å². The van der Waals surface area contributed by atoms with Crippen LogP contribution in [0.5, 0.6) is 5.75 Å². The van der Waals surface area contributed by atoms with Crippen molar-refractivity contribution in [2.75, 3.05) is 6.61 Å². The van der Waals surface area contributed by atoms with Crippen molar-refractivity contribution in [1.29, 1.82) is 0 Å². The summed E-state index contributed by atoms with van der Waals surface area (Å²) in [7, 11) is 0. The number of fused-ring (bicyclic) bond motifs is 1. The summed E-state index contributed by atoms with van der Waals surface area (Å²) < 4.78 is 7.35. The van der Waals surface area contributed by atoms with E-state index in [-0.39, 0.29) is 5.56 Å². The first-order valence-corrected chi connectivity index (χ1v) is 9.75. The highest BCUT2D eigenvalue weighted by molar-refractivity contribution is 7.22. The van der Waals surface area contributed by atoms with Crippen molar-refractivity contribution in [2.45, 2.75) is 20.4 Å². The van der Waals surface area contributed by atoms with Crippen LogP contribution in [0.4, 0.5) is 0 Å². The van der Waals surface area contributed by atoms with E-state index in [1.807, 2.05) is 56.3 Å². The molecule has 4 aromatic rings. The zero-order valence-electron chi connectivity index (χ0n) is 15.3. The molecule has 0 saturated carbocycles. The molecule has 0 unspecified atom stereocenters. The zero-order chi connectivity index (χ0) is 18.8. The predicted octanol–water partition coefficient (Wildman–Crippen LogP) is 4.88. The lowest BCUT2D eigenvalue weighted by atomic mass is 10.1. The Morgan fingerprint density at radius 1 is 1.07 bits per heavy atom. The zero-order valence-corrected chi connectivity index (χ0v) is 16.1. The van der Waals surface area contributed by atoms with Gasteiger partial charge in [0.15, 0.2) is 0 Å². The van der Waals surface area contributed by atoms with Gasteiger partial charge in [-0.1, -0.05) is 48.5 Å². The molecule has 4 nitrogen and oxygen atoms in total. The topological polar surface area (TPSA) is 44.1 Å². The van der Waals surface area contributed by atoms with Crippen LogP contribution in [0.2, 0.25) is 0 Å². The SMILES string of the molecule is CCOc1ccccc1Cn1cnc2sc(-c3ccccc3)c(C)c2c1=O. The fourth-order valence-electron chi connectivity index (χ4n) is 3.25. The van der Waals surface area contributed by atoms with Gasteiger partial charge in [-0.25, -0.2) is 4.98 Å². The van der Waals surface area contributed by atoms with Gasteiger partial charge < -0.3 is 4.74 Å². The summed E-state index contributed by atoms with van der Waals surface area (Å²) in [6.45, 7) is 4.99. The molecule has 0 amide bonds. The van der Waals surface area contributed by atoms with Gasteiger partial charge >= 0.3 is 0 Å². The van der Waals surface area contributed by atoms with Crippen LogP contribution in [0, 0.1) is 6.92 Å². The minimum absolute atomic E-state index is 0.0118. The first-order chi connectivity index (χ1) is 13.2. The molecule has 0 atom stereocenters. The lowest BCUT2D eigenvalue weighted by molar-refractivity contribution is 0.335. The molecular weight excluding hydrogens is 356 g/mol. The Kier molecular flexibility index (Phi) is 4.77. The number of benzene rings is 2. The second kappa shape index (κ2) is 7.37. The number of thiophene rings is 1. The lowest BCUT2D eigenvalue weighted by Gasteiger charge is -2.11. The molecule has 2 heterocycles. The van der Waals surface area contributed by atoms with Gasteiger partial charge in [0.25, 0.3) is 5.56 Å². The Bertz CT molecular complexity index is 1150. The lowest BCUT2D eigenvalue weighted by Crippen LogP contribution is -2.21. The highest BCUT2D eigenvalue weighted by atomic mass is 32.1. The molecule has 2 aromatic carbocycles. The minimum Gasteiger partial charge on any atom is -0.494 e. The largest absolute Gasteiger partial charge is 0.494 e. The highest BCUT2D eigenvalue weighted by Crippen LogP contribution is 2.35.